The van der Waals surface area contributed by atoms with E-state index in [-0.39, 0.29) is 11.3 Å². The predicted molar refractivity (Wildman–Crippen MR) is 154 cm³/mol. The molecule has 2 fully saturated rings. The van der Waals surface area contributed by atoms with Crippen LogP contribution in [0.15, 0.2) is 48.8 Å². The summed E-state index contributed by atoms with van der Waals surface area (Å²) in [7, 11) is 4.79. The molecule has 12 heteroatoms. The Kier molecular flexibility index (Phi) is 6.63. The number of hydrogen-bond donors (Lipinski definition) is 0. The molecule has 0 amide bonds. The summed E-state index contributed by atoms with van der Waals surface area (Å²) in [5.74, 6) is 0.913. The van der Waals surface area contributed by atoms with Crippen LogP contribution < -0.4 is 9.47 Å². The highest BCUT2D eigenvalue weighted by atomic mass is 19.3. The average molecular weight is 589 g/mol. The lowest BCUT2D eigenvalue weighted by atomic mass is 10.0. The first-order valence-electron chi connectivity index (χ1n) is 14.2. The number of rotatable bonds is 10. The Labute approximate surface area is 245 Å². The fourth-order valence-electron chi connectivity index (χ4n) is 5.57. The molecular formula is C31H30F2N6O4. The van der Waals surface area contributed by atoms with Crippen molar-refractivity contribution < 1.29 is 27.8 Å². The van der Waals surface area contributed by atoms with E-state index in [1.807, 2.05) is 46.9 Å². The number of nitrogens with zero attached hydrogens (tertiary/aromatic N) is 6. The molecule has 0 spiro atoms. The van der Waals surface area contributed by atoms with Crippen molar-refractivity contribution in [2.45, 2.75) is 44.1 Å². The molecule has 2 aliphatic carbocycles. The molecule has 3 heterocycles. The van der Waals surface area contributed by atoms with E-state index in [2.05, 4.69) is 5.10 Å². The first-order valence-corrected chi connectivity index (χ1v) is 14.2. The first kappa shape index (κ1) is 27.1. The number of carbonyl (C=O) groups excluding carboxylic acids is 1. The topological polar surface area (TPSA) is 98.2 Å². The highest BCUT2D eigenvalue weighted by Gasteiger charge is 2.33. The molecular weight excluding hydrogens is 558 g/mol. The summed E-state index contributed by atoms with van der Waals surface area (Å²) in [6.45, 7) is -0.816. The summed E-state index contributed by atoms with van der Waals surface area (Å²) in [4.78, 5) is 17.3. The van der Waals surface area contributed by atoms with Crippen molar-refractivity contribution in [3.8, 4) is 40.0 Å². The fraction of sp³-hybridized carbons (Fsp3) is 0.355. The van der Waals surface area contributed by atoms with Gasteiger partial charge in [-0.3, -0.25) is 4.68 Å². The monoisotopic (exact) mass is 588 g/mol. The van der Waals surface area contributed by atoms with Crippen LogP contribution in [0.2, 0.25) is 0 Å². The molecule has 0 N–H and O–H groups in total. The van der Waals surface area contributed by atoms with Crippen molar-refractivity contribution in [3.05, 3.63) is 60.0 Å². The maximum atomic E-state index is 13.2. The lowest BCUT2D eigenvalue weighted by Crippen LogP contribution is -2.10. The lowest BCUT2D eigenvalue weighted by Gasteiger charge is -2.13. The second-order valence-corrected chi connectivity index (χ2v) is 11.0. The highest BCUT2D eigenvalue weighted by Crippen LogP contribution is 2.47. The van der Waals surface area contributed by atoms with Crippen LogP contribution in [0.5, 0.6) is 11.6 Å². The fourth-order valence-corrected chi connectivity index (χ4v) is 5.57. The number of carbonyl (C=O) groups is 1. The van der Waals surface area contributed by atoms with Crippen LogP contribution in [0.1, 0.15) is 53.7 Å². The molecule has 0 bridgehead atoms. The highest BCUT2D eigenvalue weighted by molar-refractivity contribution is 5.95. The van der Waals surface area contributed by atoms with E-state index < -0.39 is 19.0 Å². The normalized spacial score (nSPS) is 14.9. The molecule has 5 aromatic rings. The molecule has 0 radical (unpaired) electrons. The molecule has 0 atom stereocenters. The Morgan fingerprint density at radius 2 is 1.86 bits per heavy atom. The smallest absolute Gasteiger partial charge is 0.337 e. The van der Waals surface area contributed by atoms with Crippen LogP contribution in [-0.2, 0) is 11.8 Å². The summed E-state index contributed by atoms with van der Waals surface area (Å²) in [6, 6.07) is 11.0. The van der Waals surface area contributed by atoms with Crippen molar-refractivity contribution >= 4 is 16.9 Å². The third-order valence-electron chi connectivity index (χ3n) is 7.96. The minimum atomic E-state index is -2.68. The maximum Gasteiger partial charge on any atom is 0.337 e. The van der Waals surface area contributed by atoms with Gasteiger partial charge in [0.1, 0.15) is 23.9 Å². The Morgan fingerprint density at radius 3 is 2.56 bits per heavy atom. The Morgan fingerprint density at radius 1 is 1.05 bits per heavy atom. The minimum absolute atomic E-state index is 0.135. The van der Waals surface area contributed by atoms with E-state index in [0.29, 0.717) is 29.2 Å². The molecule has 2 saturated carbocycles. The standard InChI is InChI=1S/C31H30F2N6O4/c1-37-28(17-7-8-17)27(34-29(37)21-12-9-18(31(40)42-3)13-25(21)43-16-26(32)33)20-5-4-6-23-22(20)14-39(35-23)24-15-38(19-10-11-19)36-30(24)41-2/h4-6,9,12-15,17,19,26H,7-8,10-11,16H2,1-3H3. The van der Waals surface area contributed by atoms with Gasteiger partial charge in [0.05, 0.1) is 48.8 Å². The Balaban J connectivity index is 1.36. The van der Waals surface area contributed by atoms with Crippen molar-refractivity contribution in [3.63, 3.8) is 0 Å². The number of alkyl halides is 2. The zero-order valence-electron chi connectivity index (χ0n) is 24.0. The van der Waals surface area contributed by atoms with Crippen LogP contribution in [0, 0.1) is 0 Å². The second kappa shape index (κ2) is 10.5. The van der Waals surface area contributed by atoms with E-state index in [0.717, 1.165) is 59.2 Å². The van der Waals surface area contributed by atoms with E-state index >= 15 is 0 Å². The van der Waals surface area contributed by atoms with Crippen LogP contribution in [0.25, 0.3) is 39.2 Å². The molecule has 7 rings (SSSR count). The summed E-state index contributed by atoms with van der Waals surface area (Å²) >= 11 is 0. The molecule has 10 nitrogen and oxygen atoms in total. The van der Waals surface area contributed by atoms with Crippen LogP contribution in [-0.4, -0.2) is 62.3 Å². The van der Waals surface area contributed by atoms with Crippen molar-refractivity contribution in [2.24, 2.45) is 7.05 Å². The maximum absolute atomic E-state index is 13.2. The van der Waals surface area contributed by atoms with Gasteiger partial charge in [-0.05, 0) is 49.9 Å². The van der Waals surface area contributed by atoms with Gasteiger partial charge in [-0.25, -0.2) is 23.2 Å². The van der Waals surface area contributed by atoms with Gasteiger partial charge >= 0.3 is 5.97 Å². The van der Waals surface area contributed by atoms with E-state index in [4.69, 9.17) is 24.3 Å². The van der Waals surface area contributed by atoms with Gasteiger partial charge in [0.25, 0.3) is 12.3 Å². The van der Waals surface area contributed by atoms with Crippen molar-refractivity contribution in [1.29, 1.82) is 0 Å². The largest absolute Gasteiger partial charge is 0.487 e. The number of imidazole rings is 1. The van der Waals surface area contributed by atoms with Gasteiger partial charge in [-0.1, -0.05) is 12.1 Å². The molecule has 3 aromatic heterocycles. The average Bonchev–Trinajstić information content (AvgIpc) is 3.92. The van der Waals surface area contributed by atoms with Crippen molar-refractivity contribution in [2.75, 3.05) is 20.8 Å². The van der Waals surface area contributed by atoms with Gasteiger partial charge in [0, 0.05) is 35.8 Å². The minimum Gasteiger partial charge on any atom is -0.487 e. The molecule has 43 heavy (non-hydrogen) atoms. The first-order chi connectivity index (χ1) is 20.9. The lowest BCUT2D eigenvalue weighted by molar-refractivity contribution is 0.0599. The van der Waals surface area contributed by atoms with E-state index in [1.165, 1.54) is 13.2 Å². The van der Waals surface area contributed by atoms with Crippen LogP contribution in [0.4, 0.5) is 8.78 Å². The Bertz CT molecular complexity index is 1850. The second-order valence-electron chi connectivity index (χ2n) is 11.0. The van der Waals surface area contributed by atoms with E-state index in [9.17, 15) is 13.6 Å². The van der Waals surface area contributed by atoms with Gasteiger partial charge in [-0.15, -0.1) is 5.10 Å². The zero-order valence-corrected chi connectivity index (χ0v) is 24.0. The number of fused-ring (bicyclic) bond motifs is 1. The SMILES string of the molecule is COC(=O)c1ccc(-c2nc(-c3cccc4nn(-c5cn(C6CC6)nc5OC)cc34)c(C3CC3)n2C)c(OCC(F)F)c1. The number of benzene rings is 2. The zero-order chi connectivity index (χ0) is 29.8. The van der Waals surface area contributed by atoms with Gasteiger partial charge in [0.2, 0.25) is 0 Å². The number of esters is 1. The number of methoxy groups -OCH3 is 2. The molecule has 2 aromatic carbocycles. The molecule has 2 aliphatic rings. The molecule has 0 saturated heterocycles. The number of hydrogen-bond acceptors (Lipinski definition) is 7. The quantitative estimate of drug-likeness (QED) is 0.186. The predicted octanol–water partition coefficient (Wildman–Crippen LogP) is 5.94. The van der Waals surface area contributed by atoms with E-state index in [1.54, 1.807) is 23.9 Å². The third-order valence-corrected chi connectivity index (χ3v) is 7.96. The molecule has 222 valence electrons. The van der Waals surface area contributed by atoms with Crippen LogP contribution >= 0.6 is 0 Å². The summed E-state index contributed by atoms with van der Waals surface area (Å²) < 4.78 is 48.0. The third kappa shape index (κ3) is 4.90. The number of ether oxygens (including phenoxy) is 3. The summed E-state index contributed by atoms with van der Waals surface area (Å²) in [5.41, 5.74) is 4.99. The summed E-state index contributed by atoms with van der Waals surface area (Å²) in [6.07, 6.45) is 5.50. The van der Waals surface area contributed by atoms with Gasteiger partial charge in [-0.2, -0.15) is 5.10 Å². The number of halogens is 2. The Hall–Kier alpha value is -4.74. The summed E-state index contributed by atoms with van der Waals surface area (Å²) in [5, 5.41) is 10.4. The van der Waals surface area contributed by atoms with Crippen molar-refractivity contribution in [1.82, 2.24) is 29.1 Å². The van der Waals surface area contributed by atoms with Gasteiger partial charge < -0.3 is 18.8 Å². The molecule has 0 unspecified atom stereocenters. The van der Waals surface area contributed by atoms with Gasteiger partial charge in [0.15, 0.2) is 0 Å². The molecule has 0 aliphatic heterocycles. The number of aromatic nitrogens is 6. The van der Waals surface area contributed by atoms with Crippen LogP contribution in [0.3, 0.4) is 0 Å².